The Morgan fingerprint density at radius 3 is 0.763 bits per heavy atom. The van der Waals surface area contributed by atoms with Gasteiger partial charge in [-0.1, -0.05) is 0 Å². The van der Waals surface area contributed by atoms with Crippen LogP contribution in [0.1, 0.15) is 13.8 Å². The van der Waals surface area contributed by atoms with Gasteiger partial charge in [0.1, 0.15) is 0 Å². The summed E-state index contributed by atoms with van der Waals surface area (Å²) in [6, 6.07) is 0. The maximum atomic E-state index is 5.46. The predicted octanol–water partition coefficient (Wildman–Crippen LogP) is 0.797. The SMILES string of the molecule is CNCCOCCOCCOCCOCCOCCOCCOCCOCCOCCOCCOC(C)C. The van der Waals surface area contributed by atoms with Gasteiger partial charge < -0.3 is 57.4 Å². The molecule has 0 aliphatic carbocycles. The van der Waals surface area contributed by atoms with Crippen molar-refractivity contribution in [3.8, 4) is 0 Å². The van der Waals surface area contributed by atoms with Crippen LogP contribution in [-0.4, -0.2) is 158 Å². The summed E-state index contributed by atoms with van der Waals surface area (Å²) in [4.78, 5) is 0. The lowest BCUT2D eigenvalue weighted by molar-refractivity contribution is -0.0286. The third-order valence-electron chi connectivity index (χ3n) is 4.52. The van der Waals surface area contributed by atoms with E-state index in [1.54, 1.807) is 0 Å². The van der Waals surface area contributed by atoms with Crippen LogP contribution in [0.25, 0.3) is 0 Å². The predicted molar refractivity (Wildman–Crippen MR) is 143 cm³/mol. The second-order valence-electron chi connectivity index (χ2n) is 8.15. The fraction of sp³-hybridized carbons (Fsp3) is 1.00. The van der Waals surface area contributed by atoms with Crippen LogP contribution in [0.2, 0.25) is 0 Å². The Hall–Kier alpha value is -0.480. The Labute approximate surface area is 230 Å². The first-order chi connectivity index (χ1) is 18.8. The largest absolute Gasteiger partial charge is 0.378 e. The van der Waals surface area contributed by atoms with Crippen molar-refractivity contribution in [3.63, 3.8) is 0 Å². The Morgan fingerprint density at radius 1 is 0.342 bits per heavy atom. The Kier molecular flexibility index (Phi) is 34.1. The zero-order valence-corrected chi connectivity index (χ0v) is 24.1. The smallest absolute Gasteiger partial charge is 0.0703 e. The average Bonchev–Trinajstić information content (AvgIpc) is 2.91. The number of nitrogens with one attached hydrogen (secondary N) is 1. The molecule has 38 heavy (non-hydrogen) atoms. The molecule has 0 radical (unpaired) electrons. The quantitative estimate of drug-likeness (QED) is 0.113. The molecule has 0 fully saturated rings. The van der Waals surface area contributed by atoms with Crippen molar-refractivity contribution in [2.75, 3.05) is 152 Å². The third kappa shape index (κ3) is 35.5. The van der Waals surface area contributed by atoms with Crippen molar-refractivity contribution in [1.82, 2.24) is 5.32 Å². The molecule has 0 aromatic carbocycles. The molecule has 230 valence electrons. The first-order valence-corrected chi connectivity index (χ1v) is 13.8. The van der Waals surface area contributed by atoms with E-state index in [0.717, 1.165) is 6.54 Å². The molecular weight excluding hydrogens is 502 g/mol. The summed E-state index contributed by atoms with van der Waals surface area (Å²) >= 11 is 0. The summed E-state index contributed by atoms with van der Waals surface area (Å²) in [5.74, 6) is 0. The zero-order chi connectivity index (χ0) is 27.6. The minimum atomic E-state index is 0.235. The van der Waals surface area contributed by atoms with E-state index in [4.69, 9.17) is 52.1 Å². The van der Waals surface area contributed by atoms with Crippen molar-refractivity contribution in [2.24, 2.45) is 0 Å². The van der Waals surface area contributed by atoms with Gasteiger partial charge in [0.2, 0.25) is 0 Å². The molecule has 0 aromatic rings. The Bertz CT molecular complexity index is 423. The maximum absolute atomic E-state index is 5.46. The summed E-state index contributed by atoms with van der Waals surface area (Å²) in [6.45, 7) is 16.5. The van der Waals surface area contributed by atoms with Crippen molar-refractivity contribution >= 4 is 0 Å². The highest BCUT2D eigenvalue weighted by Crippen LogP contribution is 1.88. The summed E-state index contributed by atoms with van der Waals surface area (Å²) in [6.07, 6.45) is 0.235. The molecule has 0 bridgehead atoms. The van der Waals surface area contributed by atoms with E-state index >= 15 is 0 Å². The van der Waals surface area contributed by atoms with Gasteiger partial charge in [0.15, 0.2) is 0 Å². The molecular formula is C26H55NO11. The second-order valence-corrected chi connectivity index (χ2v) is 8.15. The highest BCUT2D eigenvalue weighted by atomic mass is 16.6. The topological polar surface area (TPSA) is 114 Å². The molecule has 0 saturated carbocycles. The van der Waals surface area contributed by atoms with Gasteiger partial charge in [-0.3, -0.25) is 0 Å². The molecule has 0 spiro atoms. The molecule has 12 heteroatoms. The molecule has 0 amide bonds. The fourth-order valence-electron chi connectivity index (χ4n) is 2.60. The Morgan fingerprint density at radius 2 is 0.553 bits per heavy atom. The lowest BCUT2D eigenvalue weighted by atomic mass is 10.5. The maximum Gasteiger partial charge on any atom is 0.0703 e. The van der Waals surface area contributed by atoms with E-state index in [2.05, 4.69) is 5.32 Å². The van der Waals surface area contributed by atoms with E-state index in [0.29, 0.717) is 139 Å². The minimum absolute atomic E-state index is 0.235. The van der Waals surface area contributed by atoms with E-state index in [1.807, 2.05) is 20.9 Å². The molecule has 0 unspecified atom stereocenters. The molecule has 0 heterocycles. The van der Waals surface area contributed by atoms with Crippen molar-refractivity contribution in [1.29, 1.82) is 0 Å². The van der Waals surface area contributed by atoms with E-state index in [1.165, 1.54) is 0 Å². The van der Waals surface area contributed by atoms with E-state index in [9.17, 15) is 0 Å². The van der Waals surface area contributed by atoms with Gasteiger partial charge in [-0.15, -0.1) is 0 Å². The van der Waals surface area contributed by atoms with Crippen LogP contribution in [-0.2, 0) is 52.1 Å². The van der Waals surface area contributed by atoms with Gasteiger partial charge in [0.05, 0.1) is 145 Å². The van der Waals surface area contributed by atoms with Crippen LogP contribution in [0.15, 0.2) is 0 Å². The van der Waals surface area contributed by atoms with Crippen LogP contribution >= 0.6 is 0 Å². The zero-order valence-electron chi connectivity index (χ0n) is 24.1. The molecule has 1 N–H and O–H groups in total. The number of hydrogen-bond donors (Lipinski definition) is 1. The third-order valence-corrected chi connectivity index (χ3v) is 4.52. The number of likely N-dealkylation sites (N-methyl/N-ethyl adjacent to an activating group) is 1. The molecule has 0 saturated heterocycles. The van der Waals surface area contributed by atoms with Crippen LogP contribution in [0, 0.1) is 0 Å². The van der Waals surface area contributed by atoms with Crippen LogP contribution < -0.4 is 5.32 Å². The van der Waals surface area contributed by atoms with Gasteiger partial charge in [-0.2, -0.15) is 0 Å². The normalized spacial score (nSPS) is 11.7. The first kappa shape index (κ1) is 37.5. The van der Waals surface area contributed by atoms with Gasteiger partial charge in [0.25, 0.3) is 0 Å². The Balaban J connectivity index is 3.02. The molecule has 0 aliphatic rings. The fourth-order valence-corrected chi connectivity index (χ4v) is 2.60. The van der Waals surface area contributed by atoms with Crippen LogP contribution in [0.5, 0.6) is 0 Å². The number of ether oxygens (including phenoxy) is 11. The van der Waals surface area contributed by atoms with E-state index in [-0.39, 0.29) is 6.10 Å². The lowest BCUT2D eigenvalue weighted by Gasteiger charge is -2.09. The highest BCUT2D eigenvalue weighted by Gasteiger charge is 1.96. The van der Waals surface area contributed by atoms with E-state index < -0.39 is 0 Å². The van der Waals surface area contributed by atoms with Gasteiger partial charge in [0, 0.05) is 6.54 Å². The molecule has 12 nitrogen and oxygen atoms in total. The van der Waals surface area contributed by atoms with Gasteiger partial charge in [-0.25, -0.2) is 0 Å². The van der Waals surface area contributed by atoms with Crippen LogP contribution in [0.4, 0.5) is 0 Å². The second kappa shape index (κ2) is 34.5. The number of rotatable bonds is 34. The minimum Gasteiger partial charge on any atom is -0.378 e. The molecule has 0 rings (SSSR count). The molecule has 0 aromatic heterocycles. The highest BCUT2D eigenvalue weighted by molar-refractivity contribution is 4.40. The van der Waals surface area contributed by atoms with Gasteiger partial charge in [-0.05, 0) is 20.9 Å². The van der Waals surface area contributed by atoms with Crippen LogP contribution in [0.3, 0.4) is 0 Å². The molecule has 0 aliphatic heterocycles. The standard InChI is InChI=1S/C26H55NO11/c1-26(2)38-25-24-37-23-22-36-21-20-35-19-18-34-17-16-33-15-14-32-13-12-31-11-10-30-9-8-29-7-6-28-5-4-27-3/h26-27H,4-25H2,1-3H3. The average molecular weight is 558 g/mol. The summed E-state index contributed by atoms with van der Waals surface area (Å²) in [5, 5.41) is 3.02. The molecule has 0 atom stereocenters. The summed E-state index contributed by atoms with van der Waals surface area (Å²) in [5.41, 5.74) is 0. The lowest BCUT2D eigenvalue weighted by Crippen LogP contribution is -2.17. The van der Waals surface area contributed by atoms with Crippen molar-refractivity contribution in [3.05, 3.63) is 0 Å². The summed E-state index contributed by atoms with van der Waals surface area (Å²) < 4.78 is 59.7. The van der Waals surface area contributed by atoms with Gasteiger partial charge >= 0.3 is 0 Å². The summed E-state index contributed by atoms with van der Waals surface area (Å²) in [7, 11) is 1.90. The van der Waals surface area contributed by atoms with Crippen molar-refractivity contribution in [2.45, 2.75) is 20.0 Å². The number of hydrogen-bond acceptors (Lipinski definition) is 12. The monoisotopic (exact) mass is 557 g/mol. The first-order valence-electron chi connectivity index (χ1n) is 13.8. The van der Waals surface area contributed by atoms with Crippen molar-refractivity contribution < 1.29 is 52.1 Å².